The van der Waals surface area contributed by atoms with Crippen molar-refractivity contribution in [3.8, 4) is 0 Å². The molecule has 0 unspecified atom stereocenters. The summed E-state index contributed by atoms with van der Waals surface area (Å²) in [6.45, 7) is 2.83. The number of likely N-dealkylation sites (N-methyl/N-ethyl adjacent to an activating group) is 1. The fraction of sp³-hybridized carbons (Fsp3) is 0.538. The van der Waals surface area contributed by atoms with E-state index in [0.717, 1.165) is 11.3 Å². The van der Waals surface area contributed by atoms with Crippen molar-refractivity contribution in [2.75, 3.05) is 34.7 Å². The molecule has 1 aromatic rings. The Morgan fingerprint density at radius 2 is 2.05 bits per heavy atom. The topological polar surface area (TPSA) is 61.1 Å². The summed E-state index contributed by atoms with van der Waals surface area (Å²) in [5, 5.41) is 3.04. The van der Waals surface area contributed by atoms with Gasteiger partial charge in [-0.05, 0) is 13.0 Å². The van der Waals surface area contributed by atoms with E-state index >= 15 is 0 Å². The summed E-state index contributed by atoms with van der Waals surface area (Å²) in [6, 6.07) is 1.93. The van der Waals surface area contributed by atoms with Gasteiger partial charge < -0.3 is 19.5 Å². The van der Waals surface area contributed by atoms with Gasteiger partial charge in [0.25, 0.3) is 0 Å². The highest BCUT2D eigenvalue weighted by Gasteiger charge is 2.11. The SMILES string of the molecule is CN=C(NCC(=O)N(C)C)N(C)Cc1ccoc1C.I. The molecule has 0 atom stereocenters. The molecule has 0 saturated carbocycles. The molecule has 1 amide bonds. The first-order valence-electron chi connectivity index (χ1n) is 6.10. The lowest BCUT2D eigenvalue weighted by atomic mass is 10.2. The predicted octanol–water partition coefficient (Wildman–Crippen LogP) is 1.30. The molecule has 0 fully saturated rings. The molecular formula is C13H23IN4O2. The first-order chi connectivity index (χ1) is 8.95. The van der Waals surface area contributed by atoms with Gasteiger partial charge in [-0.2, -0.15) is 0 Å². The maximum atomic E-state index is 11.5. The number of halogens is 1. The number of hydrogen-bond acceptors (Lipinski definition) is 3. The third-order valence-corrected chi connectivity index (χ3v) is 2.84. The van der Waals surface area contributed by atoms with Crippen molar-refractivity contribution in [1.29, 1.82) is 0 Å². The first-order valence-corrected chi connectivity index (χ1v) is 6.10. The van der Waals surface area contributed by atoms with Crippen LogP contribution in [0.25, 0.3) is 0 Å². The second kappa shape index (κ2) is 8.83. The minimum atomic E-state index is 0. The smallest absolute Gasteiger partial charge is 0.241 e. The van der Waals surface area contributed by atoms with E-state index in [2.05, 4.69) is 10.3 Å². The largest absolute Gasteiger partial charge is 0.469 e. The monoisotopic (exact) mass is 394 g/mol. The van der Waals surface area contributed by atoms with Crippen LogP contribution >= 0.6 is 24.0 Å². The van der Waals surface area contributed by atoms with Crippen molar-refractivity contribution in [3.63, 3.8) is 0 Å². The van der Waals surface area contributed by atoms with Crippen LogP contribution in [0, 0.1) is 6.92 Å². The summed E-state index contributed by atoms with van der Waals surface area (Å²) in [5.74, 6) is 1.58. The first kappa shape index (κ1) is 18.8. The minimum absolute atomic E-state index is 0. The predicted molar refractivity (Wildman–Crippen MR) is 90.4 cm³/mol. The molecule has 0 spiro atoms. The number of nitrogens with one attached hydrogen (secondary N) is 1. The number of aliphatic imine (C=N–C) groups is 1. The van der Waals surface area contributed by atoms with Gasteiger partial charge in [-0.1, -0.05) is 0 Å². The molecule has 0 bridgehead atoms. The van der Waals surface area contributed by atoms with Gasteiger partial charge in [0.05, 0.1) is 12.8 Å². The van der Waals surface area contributed by atoms with Crippen LogP contribution in [0.4, 0.5) is 0 Å². The Morgan fingerprint density at radius 1 is 1.40 bits per heavy atom. The summed E-state index contributed by atoms with van der Waals surface area (Å²) in [6.07, 6.45) is 1.67. The second-order valence-corrected chi connectivity index (χ2v) is 4.55. The average Bonchev–Trinajstić information content (AvgIpc) is 2.75. The third kappa shape index (κ3) is 5.40. The van der Waals surface area contributed by atoms with Crippen LogP contribution in [-0.2, 0) is 11.3 Å². The van der Waals surface area contributed by atoms with Crippen molar-refractivity contribution < 1.29 is 9.21 Å². The van der Waals surface area contributed by atoms with Crippen LogP contribution in [0.15, 0.2) is 21.7 Å². The minimum Gasteiger partial charge on any atom is -0.469 e. The molecule has 7 heteroatoms. The summed E-state index contributed by atoms with van der Waals surface area (Å²) in [4.78, 5) is 19.2. The highest BCUT2D eigenvalue weighted by molar-refractivity contribution is 14.0. The highest BCUT2D eigenvalue weighted by Crippen LogP contribution is 2.10. The highest BCUT2D eigenvalue weighted by atomic mass is 127. The van der Waals surface area contributed by atoms with Gasteiger partial charge in [-0.15, -0.1) is 24.0 Å². The van der Waals surface area contributed by atoms with E-state index in [9.17, 15) is 4.79 Å². The van der Waals surface area contributed by atoms with E-state index in [1.54, 1.807) is 32.3 Å². The van der Waals surface area contributed by atoms with Crippen LogP contribution < -0.4 is 5.32 Å². The van der Waals surface area contributed by atoms with Gasteiger partial charge in [-0.25, -0.2) is 0 Å². The third-order valence-electron chi connectivity index (χ3n) is 2.84. The van der Waals surface area contributed by atoms with Crippen molar-refractivity contribution in [1.82, 2.24) is 15.1 Å². The quantitative estimate of drug-likeness (QED) is 0.475. The van der Waals surface area contributed by atoms with Gasteiger partial charge in [0.1, 0.15) is 5.76 Å². The van der Waals surface area contributed by atoms with Gasteiger partial charge >= 0.3 is 0 Å². The Balaban J connectivity index is 0.00000361. The Labute approximate surface area is 137 Å². The zero-order valence-corrected chi connectivity index (χ0v) is 15.0. The second-order valence-electron chi connectivity index (χ2n) is 4.55. The zero-order valence-electron chi connectivity index (χ0n) is 12.6. The van der Waals surface area contributed by atoms with Crippen LogP contribution in [0.5, 0.6) is 0 Å². The van der Waals surface area contributed by atoms with E-state index in [-0.39, 0.29) is 36.4 Å². The Bertz CT molecular complexity index is 457. The molecule has 0 radical (unpaired) electrons. The molecule has 1 heterocycles. The molecule has 0 aromatic carbocycles. The molecule has 0 aliphatic rings. The number of amides is 1. The van der Waals surface area contributed by atoms with Gasteiger partial charge in [-0.3, -0.25) is 9.79 Å². The number of rotatable bonds is 4. The number of hydrogen-bond donors (Lipinski definition) is 1. The lowest BCUT2D eigenvalue weighted by Crippen LogP contribution is -2.43. The fourth-order valence-corrected chi connectivity index (χ4v) is 1.60. The maximum Gasteiger partial charge on any atom is 0.241 e. The number of nitrogens with zero attached hydrogens (tertiary/aromatic N) is 3. The van der Waals surface area contributed by atoms with Crippen LogP contribution in [0.2, 0.25) is 0 Å². The molecule has 0 saturated heterocycles. The molecule has 20 heavy (non-hydrogen) atoms. The Hall–Kier alpha value is -1.25. The number of furan rings is 1. The number of carbonyl (C=O) groups is 1. The molecule has 6 nitrogen and oxygen atoms in total. The van der Waals surface area contributed by atoms with Crippen LogP contribution in [0.1, 0.15) is 11.3 Å². The number of aryl methyl sites for hydroxylation is 1. The molecule has 1 aromatic heterocycles. The van der Waals surface area contributed by atoms with E-state index in [4.69, 9.17) is 4.42 Å². The summed E-state index contributed by atoms with van der Waals surface area (Å²) in [7, 11) is 7.07. The normalized spacial score (nSPS) is 10.8. The number of guanidine groups is 1. The van der Waals surface area contributed by atoms with Crippen molar-refractivity contribution in [3.05, 3.63) is 23.7 Å². The van der Waals surface area contributed by atoms with Crippen molar-refractivity contribution in [2.45, 2.75) is 13.5 Å². The van der Waals surface area contributed by atoms with Crippen LogP contribution in [0.3, 0.4) is 0 Å². The molecule has 1 N–H and O–H groups in total. The summed E-state index contributed by atoms with van der Waals surface area (Å²) >= 11 is 0. The van der Waals surface area contributed by atoms with Crippen molar-refractivity contribution in [2.24, 2.45) is 4.99 Å². The molecule has 114 valence electrons. The maximum absolute atomic E-state index is 11.5. The van der Waals surface area contributed by atoms with E-state index in [1.807, 2.05) is 24.9 Å². The standard InChI is InChI=1S/C13H22N4O2.HI/c1-10-11(6-7-19-10)9-17(5)13(14-2)15-8-12(18)16(3)4;/h6-7H,8-9H2,1-5H3,(H,14,15);1H. The molecule has 0 aliphatic heterocycles. The van der Waals surface area contributed by atoms with Gasteiger partial charge in [0.2, 0.25) is 5.91 Å². The van der Waals surface area contributed by atoms with Crippen molar-refractivity contribution >= 4 is 35.8 Å². The van der Waals surface area contributed by atoms with Gasteiger partial charge in [0.15, 0.2) is 5.96 Å². The molecule has 1 rings (SSSR count). The van der Waals surface area contributed by atoms with E-state index in [0.29, 0.717) is 12.5 Å². The Morgan fingerprint density at radius 3 is 2.50 bits per heavy atom. The Kier molecular flexibility index (Phi) is 8.28. The zero-order chi connectivity index (χ0) is 14.4. The molecular weight excluding hydrogens is 371 g/mol. The fourth-order valence-electron chi connectivity index (χ4n) is 1.60. The number of carbonyl (C=O) groups excluding carboxylic acids is 1. The molecule has 0 aliphatic carbocycles. The van der Waals surface area contributed by atoms with Crippen LogP contribution in [-0.4, -0.2) is 56.4 Å². The van der Waals surface area contributed by atoms with Gasteiger partial charge in [0, 0.05) is 40.3 Å². The average molecular weight is 394 g/mol. The lowest BCUT2D eigenvalue weighted by Gasteiger charge is -2.22. The van der Waals surface area contributed by atoms with E-state index in [1.165, 1.54) is 0 Å². The lowest BCUT2D eigenvalue weighted by molar-refractivity contribution is -0.127. The summed E-state index contributed by atoms with van der Waals surface area (Å²) < 4.78 is 5.26. The summed E-state index contributed by atoms with van der Waals surface area (Å²) in [5.41, 5.74) is 1.10. The van der Waals surface area contributed by atoms with E-state index < -0.39 is 0 Å².